The average Bonchev–Trinajstić information content (AvgIpc) is 2.27. The number of fused-ring (bicyclic) bond motifs is 1. The molecule has 1 aliphatic rings. The molecule has 0 unspecified atom stereocenters. The zero-order chi connectivity index (χ0) is 6.97. The van der Waals surface area contributed by atoms with Crippen LogP contribution < -0.4 is 5.32 Å². The zero-order valence-electron chi connectivity index (χ0n) is 5.80. The van der Waals surface area contributed by atoms with Gasteiger partial charge < -0.3 is 9.88 Å². The molecule has 0 amide bonds. The van der Waals surface area contributed by atoms with E-state index in [1.165, 1.54) is 0 Å². The van der Waals surface area contributed by atoms with Crippen LogP contribution in [0, 0.1) is 6.92 Å². The van der Waals surface area contributed by atoms with Gasteiger partial charge in [-0.3, -0.25) is 0 Å². The third-order valence-corrected chi connectivity index (χ3v) is 1.72. The topological polar surface area (TPSA) is 29.9 Å². The van der Waals surface area contributed by atoms with Crippen molar-refractivity contribution in [2.75, 3.05) is 6.54 Å². The summed E-state index contributed by atoms with van der Waals surface area (Å²) >= 11 is 0. The fraction of sp³-hybridized carbons (Fsp3) is 0.429. The predicted molar refractivity (Wildman–Crippen MR) is 38.4 cm³/mol. The molecule has 0 spiro atoms. The summed E-state index contributed by atoms with van der Waals surface area (Å²) in [4.78, 5) is 4.24. The molecular weight excluding hydrogens is 126 g/mol. The molecule has 0 aromatic carbocycles. The Morgan fingerprint density at radius 1 is 1.70 bits per heavy atom. The van der Waals surface area contributed by atoms with E-state index in [0.717, 1.165) is 31.2 Å². The normalized spacial score (nSPS) is 16.9. The van der Waals surface area contributed by atoms with E-state index in [-0.39, 0.29) is 0 Å². The molecule has 1 radical (unpaired) electrons. The predicted octanol–water partition coefficient (Wildman–Crippen LogP) is 0.168. The largest absolute Gasteiger partial charge is 0.332 e. The fourth-order valence-corrected chi connectivity index (χ4v) is 1.25. The number of rotatable bonds is 0. The van der Waals surface area contributed by atoms with Crippen LogP contribution in [-0.4, -0.2) is 16.1 Å². The second-order valence-electron chi connectivity index (χ2n) is 2.52. The van der Waals surface area contributed by atoms with Crippen molar-refractivity contribution in [3.63, 3.8) is 0 Å². The summed E-state index contributed by atoms with van der Waals surface area (Å²) in [7, 11) is 0. The smallest absolute Gasteiger partial charge is 0.123 e. The van der Waals surface area contributed by atoms with Crippen molar-refractivity contribution in [2.45, 2.75) is 13.1 Å². The molecule has 1 aromatic heterocycles. The van der Waals surface area contributed by atoms with E-state index in [9.17, 15) is 0 Å². The monoisotopic (exact) mass is 136 g/mol. The van der Waals surface area contributed by atoms with E-state index in [2.05, 4.69) is 21.8 Å². The summed E-state index contributed by atoms with van der Waals surface area (Å²) in [5.41, 5.74) is 0.874. The first-order valence-corrected chi connectivity index (χ1v) is 3.45. The Hall–Kier alpha value is -0.830. The maximum Gasteiger partial charge on any atom is 0.123 e. The standard InChI is InChI=1S/C7H10N3/c1-6-5-10-3-2-8-4-7(10)9-6/h5,8H,1-4H2. The molecule has 2 heterocycles. The Bertz CT molecular complexity index is 215. The lowest BCUT2D eigenvalue weighted by Crippen LogP contribution is -2.27. The molecule has 0 aliphatic carbocycles. The van der Waals surface area contributed by atoms with Crippen LogP contribution >= 0.6 is 0 Å². The molecule has 53 valence electrons. The number of nitrogens with one attached hydrogen (secondary N) is 1. The van der Waals surface area contributed by atoms with Crippen LogP contribution in [0.4, 0.5) is 0 Å². The SMILES string of the molecule is [CH2]c1cn2c(n1)CNCC2. The molecule has 2 rings (SSSR count). The van der Waals surface area contributed by atoms with Gasteiger partial charge in [0, 0.05) is 19.3 Å². The van der Waals surface area contributed by atoms with E-state index in [1.807, 2.05) is 6.20 Å². The highest BCUT2D eigenvalue weighted by Crippen LogP contribution is 2.04. The minimum atomic E-state index is 0.874. The molecule has 1 N–H and O–H groups in total. The zero-order valence-corrected chi connectivity index (χ0v) is 5.80. The number of nitrogens with zero attached hydrogens (tertiary/aromatic N) is 2. The number of hydrogen-bond donors (Lipinski definition) is 1. The lowest BCUT2D eigenvalue weighted by Gasteiger charge is -2.13. The third kappa shape index (κ3) is 0.827. The van der Waals surface area contributed by atoms with Crippen molar-refractivity contribution in [1.29, 1.82) is 0 Å². The molecule has 0 bridgehead atoms. The first-order valence-electron chi connectivity index (χ1n) is 3.45. The van der Waals surface area contributed by atoms with Gasteiger partial charge in [-0.2, -0.15) is 0 Å². The van der Waals surface area contributed by atoms with Crippen LogP contribution in [-0.2, 0) is 13.1 Å². The summed E-state index contributed by atoms with van der Waals surface area (Å²) in [6, 6.07) is 0. The first-order chi connectivity index (χ1) is 4.86. The van der Waals surface area contributed by atoms with Crippen molar-refractivity contribution in [3.8, 4) is 0 Å². The highest BCUT2D eigenvalue weighted by Gasteiger charge is 2.08. The summed E-state index contributed by atoms with van der Waals surface area (Å²) in [5.74, 6) is 1.11. The number of hydrogen-bond acceptors (Lipinski definition) is 2. The molecule has 3 nitrogen and oxygen atoms in total. The summed E-state index contributed by atoms with van der Waals surface area (Å²) in [6.07, 6.45) is 2.00. The van der Waals surface area contributed by atoms with Crippen LogP contribution in [0.3, 0.4) is 0 Å². The molecule has 0 saturated carbocycles. The third-order valence-electron chi connectivity index (χ3n) is 1.72. The van der Waals surface area contributed by atoms with E-state index in [4.69, 9.17) is 0 Å². The Balaban J connectivity index is 2.41. The summed E-state index contributed by atoms with van der Waals surface area (Å²) in [6.45, 7) is 6.72. The molecule has 1 aliphatic heterocycles. The lowest BCUT2D eigenvalue weighted by molar-refractivity contribution is 0.505. The maximum absolute atomic E-state index is 4.24. The minimum absolute atomic E-state index is 0.874. The highest BCUT2D eigenvalue weighted by molar-refractivity contribution is 5.08. The molecule has 1 aromatic rings. The summed E-state index contributed by atoms with van der Waals surface area (Å²) in [5, 5.41) is 3.24. The van der Waals surface area contributed by atoms with E-state index in [0.29, 0.717) is 0 Å². The van der Waals surface area contributed by atoms with Crippen molar-refractivity contribution in [2.24, 2.45) is 0 Å². The van der Waals surface area contributed by atoms with Crippen LogP contribution in [0.1, 0.15) is 11.5 Å². The first kappa shape index (κ1) is 5.92. The van der Waals surface area contributed by atoms with E-state index < -0.39 is 0 Å². The Labute approximate surface area is 60.1 Å². The van der Waals surface area contributed by atoms with Gasteiger partial charge in [-0.05, 0) is 6.92 Å². The van der Waals surface area contributed by atoms with Gasteiger partial charge in [-0.1, -0.05) is 0 Å². The van der Waals surface area contributed by atoms with Crippen molar-refractivity contribution < 1.29 is 0 Å². The molecule has 0 saturated heterocycles. The number of imidazole rings is 1. The molecule has 0 fully saturated rings. The Morgan fingerprint density at radius 2 is 2.60 bits per heavy atom. The van der Waals surface area contributed by atoms with Crippen LogP contribution in [0.2, 0.25) is 0 Å². The second-order valence-corrected chi connectivity index (χ2v) is 2.52. The Kier molecular flexibility index (Phi) is 1.24. The summed E-state index contributed by atoms with van der Waals surface area (Å²) < 4.78 is 2.15. The molecule has 0 atom stereocenters. The van der Waals surface area contributed by atoms with Crippen LogP contribution in [0.5, 0.6) is 0 Å². The molecule has 10 heavy (non-hydrogen) atoms. The highest BCUT2D eigenvalue weighted by atomic mass is 15.1. The quantitative estimate of drug-likeness (QED) is 0.551. The second kappa shape index (κ2) is 2.09. The van der Waals surface area contributed by atoms with Gasteiger partial charge >= 0.3 is 0 Å². The fourth-order valence-electron chi connectivity index (χ4n) is 1.25. The molecule has 3 heteroatoms. The van der Waals surface area contributed by atoms with E-state index >= 15 is 0 Å². The van der Waals surface area contributed by atoms with Gasteiger partial charge in [0.15, 0.2) is 0 Å². The van der Waals surface area contributed by atoms with Gasteiger partial charge in [0.25, 0.3) is 0 Å². The van der Waals surface area contributed by atoms with Gasteiger partial charge in [-0.15, -0.1) is 0 Å². The number of aromatic nitrogens is 2. The maximum atomic E-state index is 4.24. The van der Waals surface area contributed by atoms with Crippen LogP contribution in [0.15, 0.2) is 6.20 Å². The van der Waals surface area contributed by atoms with Gasteiger partial charge in [-0.25, -0.2) is 4.98 Å². The van der Waals surface area contributed by atoms with Crippen molar-refractivity contribution in [3.05, 3.63) is 24.6 Å². The van der Waals surface area contributed by atoms with Crippen molar-refractivity contribution >= 4 is 0 Å². The average molecular weight is 136 g/mol. The van der Waals surface area contributed by atoms with Gasteiger partial charge in [0.2, 0.25) is 0 Å². The lowest BCUT2D eigenvalue weighted by atomic mass is 10.4. The minimum Gasteiger partial charge on any atom is -0.332 e. The van der Waals surface area contributed by atoms with Crippen LogP contribution in [0.25, 0.3) is 0 Å². The van der Waals surface area contributed by atoms with Crippen molar-refractivity contribution in [1.82, 2.24) is 14.9 Å². The van der Waals surface area contributed by atoms with Gasteiger partial charge in [0.1, 0.15) is 5.82 Å². The van der Waals surface area contributed by atoms with Gasteiger partial charge in [0.05, 0.1) is 12.2 Å². The van der Waals surface area contributed by atoms with E-state index in [1.54, 1.807) is 0 Å². The Morgan fingerprint density at radius 3 is 3.40 bits per heavy atom. The molecular formula is C7H10N3.